The van der Waals surface area contributed by atoms with Crippen LogP contribution in [0.1, 0.15) is 61.5 Å². The van der Waals surface area contributed by atoms with Gasteiger partial charge in [0.1, 0.15) is 6.04 Å². The van der Waals surface area contributed by atoms with Gasteiger partial charge in [0, 0.05) is 24.0 Å². The highest BCUT2D eigenvalue weighted by atomic mass is 35.5. The molecule has 1 aromatic carbocycles. The summed E-state index contributed by atoms with van der Waals surface area (Å²) in [6.45, 7) is 5.33. The van der Waals surface area contributed by atoms with Crippen molar-refractivity contribution >= 4 is 17.6 Å². The molecule has 0 saturated heterocycles. The van der Waals surface area contributed by atoms with E-state index in [2.05, 4.69) is 15.5 Å². The van der Waals surface area contributed by atoms with E-state index in [-0.39, 0.29) is 18.0 Å². The third kappa shape index (κ3) is 3.56. The van der Waals surface area contributed by atoms with Crippen LogP contribution in [0.25, 0.3) is 0 Å². The highest BCUT2D eigenvalue weighted by molar-refractivity contribution is 6.30. The number of benzene rings is 1. The van der Waals surface area contributed by atoms with Crippen LogP contribution in [-0.2, 0) is 13.0 Å². The lowest BCUT2D eigenvalue weighted by atomic mass is 10.00. The van der Waals surface area contributed by atoms with Crippen LogP contribution in [0.2, 0.25) is 5.02 Å². The van der Waals surface area contributed by atoms with Crippen LogP contribution in [-0.4, -0.2) is 27.6 Å². The van der Waals surface area contributed by atoms with E-state index in [0.717, 1.165) is 35.7 Å². The van der Waals surface area contributed by atoms with Gasteiger partial charge in [0.2, 0.25) is 5.89 Å². The molecule has 6 nitrogen and oxygen atoms in total. The van der Waals surface area contributed by atoms with Gasteiger partial charge in [0.15, 0.2) is 5.82 Å². The number of amides is 2. The quantitative estimate of drug-likeness (QED) is 0.875. The minimum Gasteiger partial charge on any atom is -0.337 e. The second-order valence-electron chi connectivity index (χ2n) is 7.52. The number of halogens is 1. The molecule has 2 aromatic rings. The zero-order valence-corrected chi connectivity index (χ0v) is 15.8. The summed E-state index contributed by atoms with van der Waals surface area (Å²) in [4.78, 5) is 19.2. The lowest BCUT2D eigenvalue weighted by Gasteiger charge is -2.31. The average Bonchev–Trinajstić information content (AvgIpc) is 3.36. The van der Waals surface area contributed by atoms with Crippen LogP contribution in [0.4, 0.5) is 4.79 Å². The molecule has 138 valence electrons. The first-order valence-corrected chi connectivity index (χ1v) is 9.55. The van der Waals surface area contributed by atoms with E-state index in [1.165, 1.54) is 5.56 Å². The Hall–Kier alpha value is -2.08. The molecule has 2 heterocycles. The molecular formula is C19H23ClN4O2. The molecule has 2 amide bonds. The van der Waals surface area contributed by atoms with Gasteiger partial charge in [0.05, 0.1) is 0 Å². The molecule has 0 bridgehead atoms. The number of urea groups is 1. The largest absolute Gasteiger partial charge is 0.337 e. The lowest BCUT2D eigenvalue weighted by molar-refractivity contribution is 0.179. The van der Waals surface area contributed by atoms with Gasteiger partial charge in [-0.25, -0.2) is 4.79 Å². The molecule has 1 aliphatic carbocycles. The van der Waals surface area contributed by atoms with Crippen LogP contribution < -0.4 is 5.32 Å². The maximum Gasteiger partial charge on any atom is 0.318 e. The van der Waals surface area contributed by atoms with E-state index >= 15 is 0 Å². The Morgan fingerprint density at radius 1 is 1.35 bits per heavy atom. The molecule has 4 rings (SSSR count). The molecule has 0 radical (unpaired) electrons. The zero-order valence-electron chi connectivity index (χ0n) is 15.0. The minimum absolute atomic E-state index is 0.101. The Labute approximate surface area is 157 Å². The summed E-state index contributed by atoms with van der Waals surface area (Å²) in [5.74, 6) is 1.85. The summed E-state index contributed by atoms with van der Waals surface area (Å²) in [5, 5.41) is 7.90. The molecule has 7 heteroatoms. The van der Waals surface area contributed by atoms with E-state index in [0.29, 0.717) is 24.9 Å². The van der Waals surface area contributed by atoms with Crippen molar-refractivity contribution in [1.29, 1.82) is 0 Å². The van der Waals surface area contributed by atoms with E-state index in [9.17, 15) is 4.79 Å². The second kappa shape index (κ2) is 6.91. The van der Waals surface area contributed by atoms with Crippen molar-refractivity contribution in [2.24, 2.45) is 5.92 Å². The molecule has 0 spiro atoms. The highest BCUT2D eigenvalue weighted by Crippen LogP contribution is 2.38. The van der Waals surface area contributed by atoms with E-state index < -0.39 is 0 Å². The van der Waals surface area contributed by atoms with E-state index in [1.807, 2.05) is 36.9 Å². The number of hydrogen-bond donors (Lipinski definition) is 1. The molecule has 1 atom stereocenters. The molecule has 26 heavy (non-hydrogen) atoms. The molecular weight excluding hydrogens is 352 g/mol. The van der Waals surface area contributed by atoms with E-state index in [1.54, 1.807) is 0 Å². The SMILES string of the molecule is CC(C)[C@@H](NC(=O)N1CCc2cc(Cl)ccc2C1)c1nc(C2CC2)no1. The van der Waals surface area contributed by atoms with Gasteiger partial charge in [-0.15, -0.1) is 0 Å². The number of rotatable bonds is 4. The number of hydrogen-bond acceptors (Lipinski definition) is 4. The van der Waals surface area contributed by atoms with Crippen LogP contribution in [0.5, 0.6) is 0 Å². The van der Waals surface area contributed by atoms with Gasteiger partial charge in [-0.2, -0.15) is 4.98 Å². The van der Waals surface area contributed by atoms with E-state index in [4.69, 9.17) is 16.1 Å². The van der Waals surface area contributed by atoms with Crippen LogP contribution in [0.15, 0.2) is 22.7 Å². The topological polar surface area (TPSA) is 71.3 Å². The summed E-state index contributed by atoms with van der Waals surface area (Å²) in [5.41, 5.74) is 2.36. The predicted octanol–water partition coefficient (Wildman–Crippen LogP) is 4.07. The van der Waals surface area contributed by atoms with Gasteiger partial charge in [0.25, 0.3) is 0 Å². The Morgan fingerprint density at radius 2 is 2.15 bits per heavy atom. The normalized spacial score (nSPS) is 17.9. The molecule has 1 N–H and O–H groups in total. The summed E-state index contributed by atoms with van der Waals surface area (Å²) in [7, 11) is 0. The summed E-state index contributed by atoms with van der Waals surface area (Å²) in [6.07, 6.45) is 3.05. The first-order valence-electron chi connectivity index (χ1n) is 9.17. The van der Waals surface area contributed by atoms with Gasteiger partial charge < -0.3 is 14.7 Å². The Bertz CT molecular complexity index is 816. The Kier molecular flexibility index (Phi) is 4.61. The summed E-state index contributed by atoms with van der Waals surface area (Å²) in [6, 6.07) is 5.47. The fourth-order valence-electron chi connectivity index (χ4n) is 3.31. The van der Waals surface area contributed by atoms with Crippen molar-refractivity contribution < 1.29 is 9.32 Å². The summed E-state index contributed by atoms with van der Waals surface area (Å²) >= 11 is 6.06. The monoisotopic (exact) mass is 374 g/mol. The smallest absolute Gasteiger partial charge is 0.318 e. The first-order chi connectivity index (χ1) is 12.5. The van der Waals surface area contributed by atoms with Crippen molar-refractivity contribution in [3.05, 3.63) is 46.1 Å². The van der Waals surface area contributed by atoms with Crippen molar-refractivity contribution in [2.75, 3.05) is 6.54 Å². The predicted molar refractivity (Wildman–Crippen MR) is 97.9 cm³/mol. The van der Waals surface area contributed by atoms with Crippen LogP contribution in [0.3, 0.4) is 0 Å². The number of carbonyl (C=O) groups is 1. The molecule has 2 aliphatic rings. The standard InChI is InChI=1S/C19H23ClN4O2/c1-11(2)16(18-22-17(23-26-18)12-3-4-12)21-19(25)24-8-7-13-9-15(20)6-5-14(13)10-24/h5-6,9,11-12,16H,3-4,7-8,10H2,1-2H3,(H,21,25)/t16-/m1/s1. The fourth-order valence-corrected chi connectivity index (χ4v) is 3.51. The van der Waals surface area contributed by atoms with Crippen LogP contribution in [0, 0.1) is 5.92 Å². The lowest BCUT2D eigenvalue weighted by Crippen LogP contribution is -2.45. The Morgan fingerprint density at radius 3 is 2.88 bits per heavy atom. The van der Waals surface area contributed by atoms with Crippen LogP contribution >= 0.6 is 11.6 Å². The molecule has 0 unspecified atom stereocenters. The second-order valence-corrected chi connectivity index (χ2v) is 7.96. The first kappa shape index (κ1) is 17.3. The third-order valence-electron chi connectivity index (χ3n) is 5.08. The highest BCUT2D eigenvalue weighted by Gasteiger charge is 2.32. The van der Waals surface area contributed by atoms with Crippen molar-refractivity contribution in [2.45, 2.75) is 51.6 Å². The van der Waals surface area contributed by atoms with Gasteiger partial charge in [-0.05, 0) is 48.4 Å². The van der Waals surface area contributed by atoms with Crippen molar-refractivity contribution in [3.63, 3.8) is 0 Å². The van der Waals surface area contributed by atoms with Gasteiger partial charge >= 0.3 is 6.03 Å². The zero-order chi connectivity index (χ0) is 18.3. The van der Waals surface area contributed by atoms with Crippen molar-refractivity contribution in [1.82, 2.24) is 20.4 Å². The molecule has 1 fully saturated rings. The minimum atomic E-state index is -0.283. The maximum atomic E-state index is 12.8. The number of nitrogens with zero attached hydrogens (tertiary/aromatic N) is 3. The van der Waals surface area contributed by atoms with Crippen molar-refractivity contribution in [3.8, 4) is 0 Å². The Balaban J connectivity index is 1.45. The number of aromatic nitrogens is 2. The van der Waals surface area contributed by atoms with Gasteiger partial charge in [-0.1, -0.05) is 36.7 Å². The summed E-state index contributed by atoms with van der Waals surface area (Å²) < 4.78 is 5.44. The molecule has 1 saturated carbocycles. The number of nitrogens with one attached hydrogen (secondary N) is 1. The molecule has 1 aliphatic heterocycles. The number of carbonyl (C=O) groups excluding carboxylic acids is 1. The molecule has 1 aromatic heterocycles. The number of fused-ring (bicyclic) bond motifs is 1. The maximum absolute atomic E-state index is 12.8. The fraction of sp³-hybridized carbons (Fsp3) is 0.526. The average molecular weight is 375 g/mol. The van der Waals surface area contributed by atoms with Gasteiger partial charge in [-0.3, -0.25) is 0 Å². The third-order valence-corrected chi connectivity index (χ3v) is 5.31.